The van der Waals surface area contributed by atoms with E-state index in [1.165, 1.54) is 23.7 Å². The van der Waals surface area contributed by atoms with E-state index in [2.05, 4.69) is 10.3 Å². The first-order valence-corrected chi connectivity index (χ1v) is 9.28. The molecule has 0 atom stereocenters. The first-order valence-electron chi connectivity index (χ1n) is 7.84. The maximum atomic E-state index is 12.5. The number of ether oxygens (including phenoxy) is 1. The van der Waals surface area contributed by atoms with Gasteiger partial charge in [0.2, 0.25) is 10.0 Å². The lowest BCUT2D eigenvalue weighted by molar-refractivity contribution is 0.0602. The molecule has 1 heterocycles. The van der Waals surface area contributed by atoms with Crippen molar-refractivity contribution in [2.75, 3.05) is 25.5 Å². The normalized spacial score (nSPS) is 11.4. The quantitative estimate of drug-likeness (QED) is 0.761. The van der Waals surface area contributed by atoms with Gasteiger partial charge < -0.3 is 10.1 Å². The van der Waals surface area contributed by atoms with Crippen molar-refractivity contribution in [1.82, 2.24) is 9.29 Å². The van der Waals surface area contributed by atoms with Gasteiger partial charge in [-0.05, 0) is 24.3 Å². The van der Waals surface area contributed by atoms with Gasteiger partial charge in [0.1, 0.15) is 10.7 Å². The average molecular weight is 363 g/mol. The van der Waals surface area contributed by atoms with Gasteiger partial charge in [-0.15, -0.1) is 0 Å². The van der Waals surface area contributed by atoms with Crippen LogP contribution in [0.1, 0.15) is 24.2 Å². The summed E-state index contributed by atoms with van der Waals surface area (Å²) in [5, 5.41) is 3.00. The maximum Gasteiger partial charge on any atom is 0.339 e. The lowest BCUT2D eigenvalue weighted by atomic mass is 10.2. The molecule has 0 unspecified atom stereocenters. The number of nitrogens with one attached hydrogen (secondary N) is 1. The number of pyridine rings is 1. The van der Waals surface area contributed by atoms with Gasteiger partial charge in [-0.3, -0.25) is 0 Å². The predicted molar refractivity (Wildman–Crippen MR) is 95.4 cm³/mol. The third-order valence-electron chi connectivity index (χ3n) is 3.67. The van der Waals surface area contributed by atoms with E-state index in [-0.39, 0.29) is 4.90 Å². The second kappa shape index (κ2) is 8.09. The van der Waals surface area contributed by atoms with Crippen molar-refractivity contribution in [2.45, 2.75) is 18.7 Å². The molecule has 1 aromatic carbocycles. The molecular weight excluding hydrogens is 342 g/mol. The summed E-state index contributed by atoms with van der Waals surface area (Å²) in [6.07, 6.45) is 1.30. The topological polar surface area (TPSA) is 88.6 Å². The van der Waals surface area contributed by atoms with Gasteiger partial charge in [0.15, 0.2) is 0 Å². The minimum Gasteiger partial charge on any atom is -0.465 e. The third-order valence-corrected chi connectivity index (χ3v) is 5.71. The standard InChI is InChI=1S/C17H21N3O4S/c1-4-20(5-2)25(22,23)13-10-11-16(18-12-13)19-15-9-7-6-8-14(15)17(21)24-3/h6-12H,4-5H2,1-3H3,(H,18,19). The number of methoxy groups -OCH3 is 1. The zero-order valence-corrected chi connectivity index (χ0v) is 15.2. The van der Waals surface area contributed by atoms with Crippen LogP contribution in [0.15, 0.2) is 47.5 Å². The molecule has 0 bridgehead atoms. The van der Waals surface area contributed by atoms with Crippen LogP contribution in [-0.4, -0.2) is 43.9 Å². The molecular formula is C17H21N3O4S. The van der Waals surface area contributed by atoms with Gasteiger partial charge >= 0.3 is 5.97 Å². The van der Waals surface area contributed by atoms with Gasteiger partial charge in [0.25, 0.3) is 0 Å². The fraction of sp³-hybridized carbons (Fsp3) is 0.294. The van der Waals surface area contributed by atoms with E-state index in [9.17, 15) is 13.2 Å². The molecule has 2 rings (SSSR count). The number of hydrogen-bond acceptors (Lipinski definition) is 6. The summed E-state index contributed by atoms with van der Waals surface area (Å²) in [7, 11) is -2.24. The van der Waals surface area contributed by atoms with E-state index in [4.69, 9.17) is 4.74 Å². The summed E-state index contributed by atoms with van der Waals surface area (Å²) in [5.41, 5.74) is 0.896. The van der Waals surface area contributed by atoms with E-state index in [1.54, 1.807) is 44.2 Å². The molecule has 0 amide bonds. The second-order valence-electron chi connectivity index (χ2n) is 5.13. The Kier molecular flexibility index (Phi) is 6.11. The number of hydrogen-bond donors (Lipinski definition) is 1. The van der Waals surface area contributed by atoms with Crippen molar-refractivity contribution in [3.05, 3.63) is 48.2 Å². The summed E-state index contributed by atoms with van der Waals surface area (Å²) in [4.78, 5) is 16.1. The Labute approximate surface area is 147 Å². The molecule has 0 aliphatic rings. The highest BCUT2D eigenvalue weighted by Crippen LogP contribution is 2.22. The molecule has 25 heavy (non-hydrogen) atoms. The Balaban J connectivity index is 2.26. The van der Waals surface area contributed by atoms with Gasteiger partial charge in [-0.1, -0.05) is 26.0 Å². The number of nitrogens with zero attached hydrogens (tertiary/aromatic N) is 2. The first-order chi connectivity index (χ1) is 11.9. The number of para-hydroxylation sites is 1. The number of carbonyl (C=O) groups is 1. The monoisotopic (exact) mass is 363 g/mol. The van der Waals surface area contributed by atoms with Crippen LogP contribution in [0, 0.1) is 0 Å². The van der Waals surface area contributed by atoms with Crippen molar-refractivity contribution in [2.24, 2.45) is 0 Å². The SMILES string of the molecule is CCN(CC)S(=O)(=O)c1ccc(Nc2ccccc2C(=O)OC)nc1. The highest BCUT2D eigenvalue weighted by molar-refractivity contribution is 7.89. The molecule has 2 aromatic rings. The van der Waals surface area contributed by atoms with Gasteiger partial charge in [-0.25, -0.2) is 18.2 Å². The van der Waals surface area contributed by atoms with Crippen molar-refractivity contribution in [3.8, 4) is 0 Å². The van der Waals surface area contributed by atoms with Crippen molar-refractivity contribution in [1.29, 1.82) is 0 Å². The van der Waals surface area contributed by atoms with Crippen LogP contribution in [0.3, 0.4) is 0 Å². The Hall–Kier alpha value is -2.45. The molecule has 0 saturated heterocycles. The van der Waals surface area contributed by atoms with E-state index < -0.39 is 16.0 Å². The first kappa shape index (κ1) is 18.9. The number of rotatable bonds is 7. The molecule has 7 nitrogen and oxygen atoms in total. The van der Waals surface area contributed by atoms with E-state index in [0.29, 0.717) is 30.2 Å². The highest BCUT2D eigenvalue weighted by atomic mass is 32.2. The van der Waals surface area contributed by atoms with Gasteiger partial charge in [-0.2, -0.15) is 4.31 Å². The summed E-state index contributed by atoms with van der Waals surface area (Å²) >= 11 is 0. The largest absolute Gasteiger partial charge is 0.465 e. The second-order valence-corrected chi connectivity index (χ2v) is 7.07. The van der Waals surface area contributed by atoms with E-state index in [1.807, 2.05) is 0 Å². The Morgan fingerprint density at radius 1 is 1.16 bits per heavy atom. The van der Waals surface area contributed by atoms with Crippen LogP contribution in [-0.2, 0) is 14.8 Å². The molecule has 134 valence electrons. The van der Waals surface area contributed by atoms with Crippen molar-refractivity contribution >= 4 is 27.5 Å². The Bertz CT molecular complexity index is 831. The number of aromatic nitrogens is 1. The summed E-state index contributed by atoms with van der Waals surface area (Å²) in [6, 6.07) is 9.90. The van der Waals surface area contributed by atoms with Crippen molar-refractivity contribution in [3.63, 3.8) is 0 Å². The van der Waals surface area contributed by atoms with Crippen LogP contribution in [0.25, 0.3) is 0 Å². The molecule has 0 spiro atoms. The van der Waals surface area contributed by atoms with Crippen LogP contribution >= 0.6 is 0 Å². The van der Waals surface area contributed by atoms with E-state index in [0.717, 1.165) is 0 Å². The minimum absolute atomic E-state index is 0.128. The zero-order chi connectivity index (χ0) is 18.4. The fourth-order valence-corrected chi connectivity index (χ4v) is 3.74. The van der Waals surface area contributed by atoms with Crippen LogP contribution in [0.4, 0.5) is 11.5 Å². The number of esters is 1. The number of carbonyl (C=O) groups excluding carboxylic acids is 1. The van der Waals surface area contributed by atoms with Gasteiger partial charge in [0, 0.05) is 19.3 Å². The molecule has 0 radical (unpaired) electrons. The minimum atomic E-state index is -3.55. The van der Waals surface area contributed by atoms with E-state index >= 15 is 0 Å². The number of anilines is 2. The maximum absolute atomic E-state index is 12.5. The summed E-state index contributed by atoms with van der Waals surface area (Å²) < 4.78 is 31.0. The fourth-order valence-electron chi connectivity index (χ4n) is 2.34. The van der Waals surface area contributed by atoms with Gasteiger partial charge in [0.05, 0.1) is 18.4 Å². The lowest BCUT2D eigenvalue weighted by Crippen LogP contribution is -2.30. The summed E-state index contributed by atoms with van der Waals surface area (Å²) in [5.74, 6) is -0.0429. The average Bonchev–Trinajstić information content (AvgIpc) is 2.63. The molecule has 1 aromatic heterocycles. The smallest absolute Gasteiger partial charge is 0.339 e. The van der Waals surface area contributed by atoms with Crippen molar-refractivity contribution < 1.29 is 17.9 Å². The Morgan fingerprint density at radius 3 is 2.40 bits per heavy atom. The molecule has 1 N–H and O–H groups in total. The Morgan fingerprint density at radius 2 is 1.84 bits per heavy atom. The summed E-state index contributed by atoms with van der Waals surface area (Å²) in [6.45, 7) is 4.36. The highest BCUT2D eigenvalue weighted by Gasteiger charge is 2.21. The third kappa shape index (κ3) is 4.15. The number of sulfonamides is 1. The molecule has 0 saturated carbocycles. The molecule has 0 fully saturated rings. The molecule has 8 heteroatoms. The number of benzene rings is 1. The lowest BCUT2D eigenvalue weighted by Gasteiger charge is -2.18. The zero-order valence-electron chi connectivity index (χ0n) is 14.4. The van der Waals surface area contributed by atoms with Crippen LogP contribution < -0.4 is 5.32 Å². The van der Waals surface area contributed by atoms with Crippen LogP contribution in [0.5, 0.6) is 0 Å². The molecule has 0 aliphatic carbocycles. The van der Waals surface area contributed by atoms with Crippen LogP contribution in [0.2, 0.25) is 0 Å². The predicted octanol–water partition coefficient (Wildman–Crippen LogP) is 2.64. The molecule has 0 aliphatic heterocycles.